The fourth-order valence-corrected chi connectivity index (χ4v) is 2.37. The molecule has 0 atom stereocenters. The van der Waals surface area contributed by atoms with Gasteiger partial charge < -0.3 is 4.74 Å². The highest BCUT2D eigenvalue weighted by Gasteiger charge is 2.10. The number of aromatic nitrogens is 2. The summed E-state index contributed by atoms with van der Waals surface area (Å²) < 4.78 is 19.2. The Morgan fingerprint density at radius 1 is 1.50 bits per heavy atom. The van der Waals surface area contributed by atoms with Gasteiger partial charge in [-0.1, -0.05) is 34.2 Å². The normalized spacial score (nSPS) is 10.3. The van der Waals surface area contributed by atoms with E-state index in [9.17, 15) is 9.18 Å². The Hall–Kier alpha value is -1.54. The van der Waals surface area contributed by atoms with Crippen LogP contribution in [0.15, 0.2) is 22.7 Å². The van der Waals surface area contributed by atoms with E-state index in [-0.39, 0.29) is 12.4 Å². The maximum atomic E-state index is 13.5. The van der Waals surface area contributed by atoms with Crippen molar-refractivity contribution in [3.8, 4) is 5.75 Å². The number of hydrogen-bond acceptors (Lipinski definition) is 5. The third kappa shape index (κ3) is 3.97. The molecule has 0 saturated heterocycles. The lowest BCUT2D eigenvalue weighted by molar-refractivity contribution is -0.118. The van der Waals surface area contributed by atoms with Gasteiger partial charge in [0.1, 0.15) is 5.01 Å². The highest BCUT2D eigenvalue weighted by Crippen LogP contribution is 2.21. The SMILES string of the molecule is CCc1nnc(NC(=O)COc2ccc(Br)cc2F)s1. The maximum absolute atomic E-state index is 13.5. The summed E-state index contributed by atoms with van der Waals surface area (Å²) in [4.78, 5) is 11.6. The van der Waals surface area contributed by atoms with E-state index in [0.717, 1.165) is 11.4 Å². The van der Waals surface area contributed by atoms with Crippen molar-refractivity contribution < 1.29 is 13.9 Å². The number of amides is 1. The molecule has 0 bridgehead atoms. The van der Waals surface area contributed by atoms with Gasteiger partial charge in [0.25, 0.3) is 5.91 Å². The molecular formula is C12H11BrFN3O2S. The number of nitrogens with zero attached hydrogens (tertiary/aromatic N) is 2. The minimum atomic E-state index is -0.531. The molecule has 106 valence electrons. The minimum Gasteiger partial charge on any atom is -0.481 e. The van der Waals surface area contributed by atoms with Crippen molar-refractivity contribution in [2.24, 2.45) is 0 Å². The van der Waals surface area contributed by atoms with Crippen molar-refractivity contribution >= 4 is 38.3 Å². The van der Waals surface area contributed by atoms with Gasteiger partial charge >= 0.3 is 0 Å². The molecule has 0 saturated carbocycles. The Kier molecular flexibility index (Phi) is 5.02. The summed E-state index contributed by atoms with van der Waals surface area (Å²) in [7, 11) is 0. The van der Waals surface area contributed by atoms with Gasteiger partial charge in [-0.15, -0.1) is 10.2 Å². The summed E-state index contributed by atoms with van der Waals surface area (Å²) in [6.45, 7) is 1.66. The number of ether oxygens (including phenoxy) is 1. The number of carbonyl (C=O) groups excluding carboxylic acids is 1. The number of hydrogen-bond donors (Lipinski definition) is 1. The van der Waals surface area contributed by atoms with Gasteiger partial charge in [-0.3, -0.25) is 10.1 Å². The van der Waals surface area contributed by atoms with E-state index in [2.05, 4.69) is 31.4 Å². The fourth-order valence-electron chi connectivity index (χ4n) is 1.34. The topological polar surface area (TPSA) is 64.1 Å². The number of carbonyl (C=O) groups is 1. The molecule has 0 unspecified atom stereocenters. The summed E-state index contributed by atoms with van der Waals surface area (Å²) in [6.07, 6.45) is 0.758. The standard InChI is InChI=1S/C12H11BrFN3O2S/c1-2-11-16-17-12(20-11)15-10(18)6-19-9-4-3-7(13)5-8(9)14/h3-5H,2,6H2,1H3,(H,15,17,18). The minimum absolute atomic E-state index is 0.0230. The van der Waals surface area contributed by atoms with Crippen molar-refractivity contribution in [1.82, 2.24) is 10.2 Å². The maximum Gasteiger partial charge on any atom is 0.264 e. The Bertz CT molecular complexity index is 620. The van der Waals surface area contributed by atoms with Crippen LogP contribution in [0.4, 0.5) is 9.52 Å². The Morgan fingerprint density at radius 2 is 2.30 bits per heavy atom. The molecule has 0 aliphatic carbocycles. The largest absolute Gasteiger partial charge is 0.481 e. The van der Waals surface area contributed by atoms with Crippen LogP contribution in [-0.2, 0) is 11.2 Å². The second-order valence-electron chi connectivity index (χ2n) is 3.77. The summed E-state index contributed by atoms with van der Waals surface area (Å²) >= 11 is 4.44. The highest BCUT2D eigenvalue weighted by molar-refractivity contribution is 9.10. The van der Waals surface area contributed by atoms with Gasteiger partial charge in [0.2, 0.25) is 5.13 Å². The van der Waals surface area contributed by atoms with Gasteiger partial charge in [-0.2, -0.15) is 0 Å². The van der Waals surface area contributed by atoms with Crippen molar-refractivity contribution in [2.75, 3.05) is 11.9 Å². The van der Waals surface area contributed by atoms with E-state index < -0.39 is 11.7 Å². The molecule has 1 N–H and O–H groups in total. The Balaban J connectivity index is 1.88. The average Bonchev–Trinajstić information content (AvgIpc) is 2.85. The van der Waals surface area contributed by atoms with Crippen molar-refractivity contribution in [3.63, 3.8) is 0 Å². The van der Waals surface area contributed by atoms with Gasteiger partial charge in [0, 0.05) is 4.47 Å². The molecule has 1 amide bonds. The molecule has 0 spiro atoms. The Morgan fingerprint density at radius 3 is 2.95 bits per heavy atom. The highest BCUT2D eigenvalue weighted by atomic mass is 79.9. The lowest BCUT2D eigenvalue weighted by Crippen LogP contribution is -2.20. The third-order valence-corrected chi connectivity index (χ3v) is 3.74. The van der Waals surface area contributed by atoms with Crippen LogP contribution in [-0.4, -0.2) is 22.7 Å². The number of benzene rings is 1. The molecule has 1 heterocycles. The third-order valence-electron chi connectivity index (χ3n) is 2.27. The lowest BCUT2D eigenvalue weighted by Gasteiger charge is -2.06. The molecule has 8 heteroatoms. The van der Waals surface area contributed by atoms with E-state index in [1.54, 1.807) is 6.07 Å². The number of rotatable bonds is 5. The molecule has 0 fully saturated rings. The van der Waals surface area contributed by atoms with Crippen LogP contribution in [0.5, 0.6) is 5.75 Å². The van der Waals surface area contributed by atoms with E-state index in [1.165, 1.54) is 23.5 Å². The molecule has 2 rings (SSSR count). The predicted molar refractivity (Wildman–Crippen MR) is 77.5 cm³/mol. The molecular weight excluding hydrogens is 349 g/mol. The van der Waals surface area contributed by atoms with E-state index in [4.69, 9.17) is 4.74 Å². The van der Waals surface area contributed by atoms with Gasteiger partial charge in [0.15, 0.2) is 18.2 Å². The monoisotopic (exact) mass is 359 g/mol. The van der Waals surface area contributed by atoms with Crippen LogP contribution in [0.3, 0.4) is 0 Å². The van der Waals surface area contributed by atoms with Crippen molar-refractivity contribution in [1.29, 1.82) is 0 Å². The fraction of sp³-hybridized carbons (Fsp3) is 0.250. The first kappa shape index (κ1) is 14.9. The van der Waals surface area contributed by atoms with E-state index in [1.807, 2.05) is 6.92 Å². The van der Waals surface area contributed by atoms with Crippen molar-refractivity contribution in [2.45, 2.75) is 13.3 Å². The second kappa shape index (κ2) is 6.76. The molecule has 20 heavy (non-hydrogen) atoms. The zero-order chi connectivity index (χ0) is 14.5. The van der Waals surface area contributed by atoms with Crippen molar-refractivity contribution in [3.05, 3.63) is 33.5 Å². The first-order chi connectivity index (χ1) is 9.58. The molecule has 1 aromatic carbocycles. The predicted octanol–water partition coefficient (Wildman–Crippen LogP) is 3.02. The molecule has 0 radical (unpaired) electrons. The van der Waals surface area contributed by atoms with E-state index in [0.29, 0.717) is 9.60 Å². The summed E-state index contributed by atoms with van der Waals surface area (Å²) in [6, 6.07) is 4.35. The molecule has 0 aliphatic heterocycles. The van der Waals surface area contributed by atoms with Crippen LogP contribution in [0.1, 0.15) is 11.9 Å². The first-order valence-electron chi connectivity index (χ1n) is 5.78. The van der Waals surface area contributed by atoms with E-state index >= 15 is 0 Å². The van der Waals surface area contributed by atoms with Gasteiger partial charge in [0.05, 0.1) is 0 Å². The summed E-state index contributed by atoms with van der Waals surface area (Å²) in [5, 5.41) is 11.5. The number of nitrogens with one attached hydrogen (secondary N) is 1. The second-order valence-corrected chi connectivity index (χ2v) is 5.74. The molecule has 2 aromatic rings. The molecule has 1 aromatic heterocycles. The number of halogens is 2. The van der Waals surface area contributed by atoms with Crippen LogP contribution in [0.2, 0.25) is 0 Å². The average molecular weight is 360 g/mol. The van der Waals surface area contributed by atoms with Crippen LogP contribution >= 0.6 is 27.3 Å². The summed E-state index contributed by atoms with van der Waals surface area (Å²) in [5.74, 6) is -0.919. The van der Waals surface area contributed by atoms with Crippen LogP contribution < -0.4 is 10.1 Å². The molecule has 5 nitrogen and oxygen atoms in total. The van der Waals surface area contributed by atoms with Gasteiger partial charge in [-0.25, -0.2) is 4.39 Å². The molecule has 0 aliphatic rings. The Labute approximate surface area is 127 Å². The smallest absolute Gasteiger partial charge is 0.264 e. The van der Waals surface area contributed by atoms with Gasteiger partial charge in [-0.05, 0) is 24.6 Å². The summed E-state index contributed by atoms with van der Waals surface area (Å²) in [5.41, 5.74) is 0. The number of anilines is 1. The van der Waals surface area contributed by atoms with Crippen LogP contribution in [0.25, 0.3) is 0 Å². The number of aryl methyl sites for hydroxylation is 1. The zero-order valence-corrected chi connectivity index (χ0v) is 12.9. The first-order valence-corrected chi connectivity index (χ1v) is 7.39. The lowest BCUT2D eigenvalue weighted by atomic mass is 10.3. The zero-order valence-electron chi connectivity index (χ0n) is 10.5. The van der Waals surface area contributed by atoms with Crippen LogP contribution in [0, 0.1) is 5.82 Å². The quantitative estimate of drug-likeness (QED) is 0.890.